The number of hydroxylamine groups is 2. The minimum Gasteiger partial charge on any atom is -0.388 e. The Hall–Kier alpha value is -2.20. The van der Waals surface area contributed by atoms with Gasteiger partial charge in [-0.3, -0.25) is 31.3 Å². The molecule has 0 spiro atoms. The van der Waals surface area contributed by atoms with Crippen molar-refractivity contribution in [3.8, 4) is 0 Å². The Balaban J connectivity index is 0.000000299. The Labute approximate surface area is 236 Å². The van der Waals surface area contributed by atoms with Crippen LogP contribution in [0.5, 0.6) is 0 Å². The van der Waals surface area contributed by atoms with Gasteiger partial charge in [-0.15, -0.1) is 5.06 Å². The van der Waals surface area contributed by atoms with Crippen LogP contribution in [-0.4, -0.2) is 136 Å². The van der Waals surface area contributed by atoms with Crippen LogP contribution < -0.4 is 17.6 Å². The molecule has 2 amide bonds. The van der Waals surface area contributed by atoms with Gasteiger partial charge in [0.05, 0.1) is 36.5 Å². The SMILES string of the molecule is COCC1OC(C)C(O)C(O)C1O.COCC1OC(C)C(ON)C(O)C1O.NN.O=C1c2ccccc2C(=O)N1O. The first-order valence-corrected chi connectivity index (χ1v) is 12.5. The number of aliphatic hydroxyl groups excluding tert-OH is 5. The average molecular weight is 595 g/mol. The molecule has 0 radical (unpaired) electrons. The molecule has 17 nitrogen and oxygen atoms in total. The molecule has 0 aliphatic carbocycles. The summed E-state index contributed by atoms with van der Waals surface area (Å²) in [7, 11) is 2.98. The number of hydrogen-bond acceptors (Lipinski definition) is 16. The van der Waals surface area contributed by atoms with E-state index in [-0.39, 0.29) is 35.5 Å². The molecule has 3 aliphatic rings. The van der Waals surface area contributed by atoms with Gasteiger partial charge in [0.1, 0.15) is 48.8 Å². The van der Waals surface area contributed by atoms with Crippen LogP contribution >= 0.6 is 0 Å². The molecule has 3 heterocycles. The summed E-state index contributed by atoms with van der Waals surface area (Å²) >= 11 is 0. The van der Waals surface area contributed by atoms with Gasteiger partial charge in [0.25, 0.3) is 11.8 Å². The number of rotatable bonds is 5. The van der Waals surface area contributed by atoms with Crippen molar-refractivity contribution in [2.75, 3.05) is 27.4 Å². The van der Waals surface area contributed by atoms with E-state index in [1.807, 2.05) is 0 Å². The Kier molecular flexibility index (Phi) is 15.9. The van der Waals surface area contributed by atoms with Crippen LogP contribution in [-0.2, 0) is 23.8 Å². The minimum atomic E-state index is -1.16. The quantitative estimate of drug-likeness (QED) is 0.0688. The van der Waals surface area contributed by atoms with Gasteiger partial charge < -0.3 is 44.5 Å². The zero-order valence-corrected chi connectivity index (χ0v) is 23.2. The van der Waals surface area contributed by atoms with Crippen LogP contribution in [0.25, 0.3) is 0 Å². The van der Waals surface area contributed by atoms with Crippen molar-refractivity contribution >= 4 is 11.8 Å². The predicted octanol–water partition coefficient (Wildman–Crippen LogP) is -3.61. The molecular weight excluding hydrogens is 552 g/mol. The predicted molar refractivity (Wildman–Crippen MR) is 139 cm³/mol. The third kappa shape index (κ3) is 9.14. The lowest BCUT2D eigenvalue weighted by molar-refractivity contribution is -0.239. The van der Waals surface area contributed by atoms with Gasteiger partial charge in [-0.25, -0.2) is 5.90 Å². The fourth-order valence-electron chi connectivity index (χ4n) is 4.23. The lowest BCUT2D eigenvalue weighted by Gasteiger charge is -2.40. The number of aliphatic hydroxyl groups is 5. The highest BCUT2D eigenvalue weighted by molar-refractivity contribution is 6.20. The van der Waals surface area contributed by atoms with Gasteiger partial charge in [0.2, 0.25) is 0 Å². The number of imide groups is 1. The molecule has 1 aromatic rings. The van der Waals surface area contributed by atoms with E-state index >= 15 is 0 Å². The number of fused-ring (bicyclic) bond motifs is 1. The van der Waals surface area contributed by atoms with Crippen LogP contribution in [0.3, 0.4) is 0 Å². The van der Waals surface area contributed by atoms with E-state index in [0.717, 1.165) is 0 Å². The standard InChI is InChI=1S/C8H17NO5.C8H5NO3.C8H16O5.H4N2/c1-4-8(14-9)7(11)6(10)5(13-4)3-12-2;10-7-5-3-1-2-4-6(5)8(11)9(7)12;1-4-6(9)8(11)7(10)5(13-4)3-12-2;1-2/h4-8,10-11H,3,9H2,1-2H3;1-4,12H;4-11H,3H2,1-2H3;1-2H2. The van der Waals surface area contributed by atoms with Gasteiger partial charge in [-0.2, -0.15) is 0 Å². The maximum absolute atomic E-state index is 11.1. The topological polar surface area (TPSA) is 283 Å². The zero-order valence-electron chi connectivity index (χ0n) is 23.2. The van der Waals surface area contributed by atoms with E-state index in [0.29, 0.717) is 0 Å². The first-order valence-electron chi connectivity index (χ1n) is 12.5. The van der Waals surface area contributed by atoms with Crippen molar-refractivity contribution in [1.29, 1.82) is 0 Å². The van der Waals surface area contributed by atoms with E-state index in [1.165, 1.54) is 26.4 Å². The zero-order chi connectivity index (χ0) is 31.4. The monoisotopic (exact) mass is 594 g/mol. The normalized spacial score (nSPS) is 34.3. The van der Waals surface area contributed by atoms with E-state index in [9.17, 15) is 35.1 Å². The van der Waals surface area contributed by atoms with Gasteiger partial charge in [-0.05, 0) is 26.0 Å². The number of benzene rings is 1. The first kappa shape index (κ1) is 36.8. The smallest absolute Gasteiger partial charge is 0.285 e. The first-order chi connectivity index (χ1) is 19.4. The summed E-state index contributed by atoms with van der Waals surface area (Å²) in [4.78, 5) is 26.7. The van der Waals surface area contributed by atoms with Crippen LogP contribution in [0, 0.1) is 0 Å². The fourth-order valence-corrected chi connectivity index (χ4v) is 4.23. The second-order valence-electron chi connectivity index (χ2n) is 9.19. The lowest BCUT2D eigenvalue weighted by Crippen LogP contribution is -2.59. The number of hydrogen-bond donors (Lipinski definition) is 9. The summed E-state index contributed by atoms with van der Waals surface area (Å²) in [6.45, 7) is 3.78. The highest BCUT2D eigenvalue weighted by Crippen LogP contribution is 2.23. The second kappa shape index (κ2) is 17.7. The highest BCUT2D eigenvalue weighted by atomic mass is 16.7. The summed E-state index contributed by atoms with van der Waals surface area (Å²) in [5, 5.41) is 56.4. The Morgan fingerprint density at radius 3 is 1.59 bits per heavy atom. The Morgan fingerprint density at radius 1 is 0.756 bits per heavy atom. The molecular formula is C24H42N4O13. The Bertz CT molecular complexity index is 908. The molecule has 1 aromatic carbocycles. The van der Waals surface area contributed by atoms with E-state index < -0.39 is 66.8 Å². The number of amides is 2. The van der Waals surface area contributed by atoms with E-state index in [1.54, 1.807) is 26.0 Å². The van der Waals surface area contributed by atoms with E-state index in [2.05, 4.69) is 16.5 Å². The lowest BCUT2D eigenvalue weighted by atomic mass is 9.96. The molecule has 2 saturated heterocycles. The summed E-state index contributed by atoms with van der Waals surface area (Å²) in [6.07, 6.45) is -8.08. The molecule has 4 rings (SSSR count). The Morgan fingerprint density at radius 2 is 1.17 bits per heavy atom. The van der Waals surface area contributed by atoms with Crippen LogP contribution in [0.15, 0.2) is 24.3 Å². The van der Waals surface area contributed by atoms with Crippen molar-refractivity contribution in [2.45, 2.75) is 74.9 Å². The summed E-state index contributed by atoms with van der Waals surface area (Å²) in [5.74, 6) is 11.7. The summed E-state index contributed by atoms with van der Waals surface area (Å²) in [6, 6.07) is 6.30. The van der Waals surface area contributed by atoms with Gasteiger partial charge in [-0.1, -0.05) is 12.1 Å². The number of hydrazine groups is 1. The van der Waals surface area contributed by atoms with Gasteiger partial charge in [0, 0.05) is 14.2 Å². The van der Waals surface area contributed by atoms with Gasteiger partial charge in [0.15, 0.2) is 0 Å². The second-order valence-corrected chi connectivity index (χ2v) is 9.19. The molecule has 0 saturated carbocycles. The third-order valence-corrected chi connectivity index (χ3v) is 6.46. The van der Waals surface area contributed by atoms with Crippen LogP contribution in [0.4, 0.5) is 0 Å². The summed E-state index contributed by atoms with van der Waals surface area (Å²) in [5.41, 5.74) is 0.509. The van der Waals surface area contributed by atoms with Crippen LogP contribution in [0.1, 0.15) is 34.6 Å². The third-order valence-electron chi connectivity index (χ3n) is 6.46. The molecule has 12 N–H and O–H groups in total. The number of nitrogens with zero attached hydrogens (tertiary/aromatic N) is 1. The van der Waals surface area contributed by atoms with Crippen molar-refractivity contribution in [1.82, 2.24) is 5.06 Å². The minimum absolute atomic E-state index is 0.130. The molecule has 17 heteroatoms. The van der Waals surface area contributed by atoms with Gasteiger partial charge >= 0.3 is 0 Å². The molecule has 10 unspecified atom stereocenters. The molecule has 0 bridgehead atoms. The molecule has 2 fully saturated rings. The van der Waals surface area contributed by atoms with Crippen molar-refractivity contribution in [3.63, 3.8) is 0 Å². The van der Waals surface area contributed by atoms with Crippen LogP contribution in [0.2, 0.25) is 0 Å². The molecule has 0 aromatic heterocycles. The average Bonchev–Trinajstić information content (AvgIpc) is 3.19. The largest absolute Gasteiger partial charge is 0.388 e. The van der Waals surface area contributed by atoms with Crippen molar-refractivity contribution < 1.29 is 64.1 Å². The maximum atomic E-state index is 11.1. The maximum Gasteiger partial charge on any atom is 0.285 e. The number of carbonyl (C=O) groups is 2. The molecule has 3 aliphatic heterocycles. The molecule has 236 valence electrons. The number of ether oxygens (including phenoxy) is 4. The van der Waals surface area contributed by atoms with Crippen molar-refractivity contribution in [3.05, 3.63) is 35.4 Å². The van der Waals surface area contributed by atoms with E-state index in [4.69, 9.17) is 30.1 Å². The molecule has 41 heavy (non-hydrogen) atoms. The molecule has 10 atom stereocenters. The summed E-state index contributed by atoms with van der Waals surface area (Å²) < 4.78 is 20.3. The number of nitrogens with two attached hydrogens (primary N) is 3. The highest BCUT2D eigenvalue weighted by Gasteiger charge is 2.43. The number of carbonyl (C=O) groups excluding carboxylic acids is 2. The number of methoxy groups -OCH3 is 2. The van der Waals surface area contributed by atoms with Crippen molar-refractivity contribution in [2.24, 2.45) is 17.6 Å². The fraction of sp³-hybridized carbons (Fsp3) is 0.667.